The lowest BCUT2D eigenvalue weighted by Crippen LogP contribution is -2.22. The third-order valence-corrected chi connectivity index (χ3v) is 3.08. The number of methoxy groups -OCH3 is 1. The van der Waals surface area contributed by atoms with Gasteiger partial charge in [-0.1, -0.05) is 0 Å². The molecule has 2 aromatic rings. The van der Waals surface area contributed by atoms with Crippen LogP contribution in [-0.2, 0) is 0 Å². The van der Waals surface area contributed by atoms with Crippen LogP contribution in [0.2, 0.25) is 0 Å². The van der Waals surface area contributed by atoms with Gasteiger partial charge in [0, 0.05) is 18.0 Å². The number of nitrogens with zero attached hydrogens (tertiary/aromatic N) is 2. The van der Waals surface area contributed by atoms with E-state index in [2.05, 4.69) is 15.3 Å². The fourth-order valence-corrected chi connectivity index (χ4v) is 2.02. The van der Waals surface area contributed by atoms with E-state index in [4.69, 9.17) is 4.74 Å². The van der Waals surface area contributed by atoms with Crippen LogP contribution < -0.4 is 10.1 Å². The molecule has 0 radical (unpaired) electrons. The van der Waals surface area contributed by atoms with Crippen LogP contribution in [0.3, 0.4) is 0 Å². The molecule has 0 fully saturated rings. The Labute approximate surface area is 120 Å². The van der Waals surface area contributed by atoms with Gasteiger partial charge in [-0.25, -0.2) is 9.97 Å². The van der Waals surface area contributed by atoms with Gasteiger partial charge in [0.25, 0.3) is 0 Å². The highest BCUT2D eigenvalue weighted by Crippen LogP contribution is 2.22. The lowest BCUT2D eigenvalue weighted by Gasteiger charge is -2.15. The lowest BCUT2D eigenvalue weighted by atomic mass is 9.98. The van der Waals surface area contributed by atoms with Crippen LogP contribution in [0.4, 0.5) is 5.69 Å². The van der Waals surface area contributed by atoms with Crippen molar-refractivity contribution in [3.63, 3.8) is 0 Å². The maximum Gasteiger partial charge on any atom is 0.213 e. The topological polar surface area (TPSA) is 81.2 Å². The van der Waals surface area contributed by atoms with Crippen molar-refractivity contribution in [2.24, 2.45) is 0 Å². The van der Waals surface area contributed by atoms with Crippen molar-refractivity contribution in [2.75, 3.05) is 12.4 Å². The van der Waals surface area contributed by atoms with E-state index in [1.165, 1.54) is 18.6 Å². The van der Waals surface area contributed by atoms with E-state index >= 15 is 0 Å². The summed E-state index contributed by atoms with van der Waals surface area (Å²) in [5, 5.41) is 2.93. The average molecular weight is 281 g/mol. The molecular weight excluding hydrogens is 270 g/mol. The van der Waals surface area contributed by atoms with Crippen LogP contribution >= 0.6 is 0 Å². The fraction of sp³-hybridized carbons (Fsp3) is 0.0667. The molecule has 3 rings (SSSR count). The molecule has 0 atom stereocenters. The molecule has 104 valence electrons. The number of Topliss-reactive ketones (excluding diaryl/α,β-unsaturated/α-hetero) is 1. The number of benzene rings is 1. The van der Waals surface area contributed by atoms with E-state index in [1.54, 1.807) is 31.4 Å². The molecule has 0 saturated carbocycles. The summed E-state index contributed by atoms with van der Waals surface area (Å²) in [5.41, 5.74) is 1.23. The summed E-state index contributed by atoms with van der Waals surface area (Å²) in [6, 6.07) is 7.03. The molecule has 21 heavy (non-hydrogen) atoms. The first-order chi connectivity index (χ1) is 10.2. The number of anilines is 1. The molecule has 1 aromatic carbocycles. The summed E-state index contributed by atoms with van der Waals surface area (Å²) >= 11 is 0. The van der Waals surface area contributed by atoms with Crippen LogP contribution in [0, 0.1) is 0 Å². The predicted molar refractivity (Wildman–Crippen MR) is 75.4 cm³/mol. The zero-order valence-electron chi connectivity index (χ0n) is 11.2. The van der Waals surface area contributed by atoms with Gasteiger partial charge in [-0.2, -0.15) is 0 Å². The highest BCUT2D eigenvalue weighted by Gasteiger charge is 2.26. The Hall–Kier alpha value is -3.02. The van der Waals surface area contributed by atoms with Gasteiger partial charge < -0.3 is 10.1 Å². The molecule has 1 aliphatic carbocycles. The van der Waals surface area contributed by atoms with Crippen molar-refractivity contribution < 1.29 is 14.3 Å². The first-order valence-corrected chi connectivity index (χ1v) is 6.21. The number of nitrogens with one attached hydrogen (secondary N) is 1. The van der Waals surface area contributed by atoms with E-state index in [9.17, 15) is 9.59 Å². The molecule has 0 saturated heterocycles. The van der Waals surface area contributed by atoms with Gasteiger partial charge in [0.2, 0.25) is 11.6 Å². The average Bonchev–Trinajstić information content (AvgIpc) is 2.53. The Morgan fingerprint density at radius 3 is 2.62 bits per heavy atom. The Balaban J connectivity index is 1.89. The molecule has 1 heterocycles. The molecule has 6 nitrogen and oxygen atoms in total. The summed E-state index contributed by atoms with van der Waals surface area (Å²) in [4.78, 5) is 31.9. The van der Waals surface area contributed by atoms with Gasteiger partial charge >= 0.3 is 0 Å². The van der Waals surface area contributed by atoms with E-state index in [-0.39, 0.29) is 28.5 Å². The smallest absolute Gasteiger partial charge is 0.213 e. The maximum absolute atomic E-state index is 12.3. The zero-order chi connectivity index (χ0) is 14.8. The number of hydrogen-bond acceptors (Lipinski definition) is 6. The number of fused-ring (bicyclic) bond motifs is 1. The quantitative estimate of drug-likeness (QED) is 0.924. The molecule has 0 unspecified atom stereocenters. The van der Waals surface area contributed by atoms with Crippen molar-refractivity contribution in [3.8, 4) is 5.75 Å². The minimum Gasteiger partial charge on any atom is -0.497 e. The first kappa shape index (κ1) is 13.0. The Morgan fingerprint density at radius 2 is 1.90 bits per heavy atom. The van der Waals surface area contributed by atoms with Crippen LogP contribution in [0.1, 0.15) is 20.8 Å². The predicted octanol–water partition coefficient (Wildman–Crippen LogP) is 1.86. The second-order valence-electron chi connectivity index (χ2n) is 4.39. The highest BCUT2D eigenvalue weighted by atomic mass is 16.5. The third kappa shape index (κ3) is 2.38. The van der Waals surface area contributed by atoms with E-state index < -0.39 is 0 Å². The third-order valence-electron chi connectivity index (χ3n) is 3.08. The highest BCUT2D eigenvalue weighted by molar-refractivity contribution is 6.24. The van der Waals surface area contributed by atoms with Crippen molar-refractivity contribution in [3.05, 3.63) is 59.8 Å². The Kier molecular flexibility index (Phi) is 3.19. The number of hydrogen-bond donors (Lipinski definition) is 1. The molecule has 0 spiro atoms. The van der Waals surface area contributed by atoms with Crippen molar-refractivity contribution in [1.29, 1.82) is 0 Å². The van der Waals surface area contributed by atoms with Gasteiger partial charge in [-0.15, -0.1) is 0 Å². The summed E-state index contributed by atoms with van der Waals surface area (Å²) in [6.07, 6.45) is 3.85. The molecule has 6 heteroatoms. The molecule has 0 amide bonds. The van der Waals surface area contributed by atoms with Crippen LogP contribution in [0.25, 0.3) is 0 Å². The van der Waals surface area contributed by atoms with Gasteiger partial charge in [0.05, 0.1) is 18.4 Å². The van der Waals surface area contributed by atoms with Gasteiger partial charge in [-0.05, 0) is 24.3 Å². The molecule has 1 aliphatic rings. The van der Waals surface area contributed by atoms with Crippen molar-refractivity contribution in [1.82, 2.24) is 9.97 Å². The number of allylic oxidation sites excluding steroid dienone is 2. The number of rotatable bonds is 3. The standard InChI is InChI=1S/C15H11N3O3/c1-21-10-4-2-9(3-5-10)18-12-6-13(19)14-11(15(12)20)7-16-8-17-14/h2-8,18H,1H3. The summed E-state index contributed by atoms with van der Waals surface area (Å²) in [5.74, 6) is 0.0864. The van der Waals surface area contributed by atoms with Crippen molar-refractivity contribution >= 4 is 17.3 Å². The first-order valence-electron chi connectivity index (χ1n) is 6.21. The monoisotopic (exact) mass is 281 g/mol. The summed E-state index contributed by atoms with van der Waals surface area (Å²) in [7, 11) is 1.57. The van der Waals surface area contributed by atoms with Crippen molar-refractivity contribution in [2.45, 2.75) is 0 Å². The molecular formula is C15H11N3O3. The molecule has 1 N–H and O–H groups in total. The molecule has 0 aliphatic heterocycles. The van der Waals surface area contributed by atoms with Crippen LogP contribution in [0.5, 0.6) is 5.75 Å². The Bertz CT molecular complexity index is 751. The SMILES string of the molecule is COc1ccc(NC2=CC(=O)c3ncncc3C2=O)cc1. The number of carbonyl (C=O) groups is 2. The summed E-state index contributed by atoms with van der Waals surface area (Å²) in [6.45, 7) is 0. The normalized spacial score (nSPS) is 13.5. The van der Waals surface area contributed by atoms with E-state index in [0.29, 0.717) is 11.4 Å². The molecule has 0 bridgehead atoms. The second-order valence-corrected chi connectivity index (χ2v) is 4.39. The van der Waals surface area contributed by atoms with Gasteiger partial charge in [-0.3, -0.25) is 9.59 Å². The molecule has 1 aromatic heterocycles. The largest absolute Gasteiger partial charge is 0.497 e. The minimum atomic E-state index is -0.317. The number of carbonyl (C=O) groups excluding carboxylic acids is 2. The van der Waals surface area contributed by atoms with E-state index in [1.807, 2.05) is 0 Å². The van der Waals surface area contributed by atoms with Crippen LogP contribution in [0.15, 0.2) is 48.6 Å². The zero-order valence-corrected chi connectivity index (χ0v) is 11.2. The fourth-order valence-electron chi connectivity index (χ4n) is 2.02. The minimum absolute atomic E-state index is 0.135. The second kappa shape index (κ2) is 5.16. The van der Waals surface area contributed by atoms with Crippen LogP contribution in [-0.4, -0.2) is 28.6 Å². The lowest BCUT2D eigenvalue weighted by molar-refractivity contribution is 0.0981. The number of ether oxygens (including phenoxy) is 1. The van der Waals surface area contributed by atoms with Gasteiger partial charge in [0.1, 0.15) is 17.8 Å². The number of aromatic nitrogens is 2. The maximum atomic E-state index is 12.3. The number of ketones is 2. The Morgan fingerprint density at radius 1 is 1.14 bits per heavy atom. The van der Waals surface area contributed by atoms with E-state index in [0.717, 1.165) is 0 Å². The van der Waals surface area contributed by atoms with Gasteiger partial charge in [0.15, 0.2) is 0 Å². The summed E-state index contributed by atoms with van der Waals surface area (Å²) < 4.78 is 5.06.